The van der Waals surface area contributed by atoms with E-state index in [9.17, 15) is 10.1 Å². The van der Waals surface area contributed by atoms with Crippen LogP contribution in [-0.4, -0.2) is 58.7 Å². The lowest BCUT2D eigenvalue weighted by Gasteiger charge is -2.44. The van der Waals surface area contributed by atoms with Gasteiger partial charge in [0.2, 0.25) is 0 Å². The minimum atomic E-state index is -0.461. The molecule has 2 saturated heterocycles. The zero-order valence-corrected chi connectivity index (χ0v) is 23.4. The van der Waals surface area contributed by atoms with Crippen molar-refractivity contribution < 1.29 is 9.53 Å². The van der Waals surface area contributed by atoms with Crippen molar-refractivity contribution in [3.63, 3.8) is 0 Å². The zero-order chi connectivity index (χ0) is 27.3. The first-order valence-electron chi connectivity index (χ1n) is 14.1. The third-order valence-electron chi connectivity index (χ3n) is 8.55. The molecule has 2 fully saturated rings. The molecular weight excluding hydrogens is 486 g/mol. The van der Waals surface area contributed by atoms with Gasteiger partial charge in [0.15, 0.2) is 0 Å². The van der Waals surface area contributed by atoms with Crippen molar-refractivity contribution in [2.24, 2.45) is 0 Å². The Balaban J connectivity index is 1.19. The summed E-state index contributed by atoms with van der Waals surface area (Å²) in [6, 6.07) is 18.2. The second kappa shape index (κ2) is 9.84. The van der Waals surface area contributed by atoms with E-state index in [0.29, 0.717) is 23.6 Å². The summed E-state index contributed by atoms with van der Waals surface area (Å²) in [4.78, 5) is 24.0. The van der Waals surface area contributed by atoms with Crippen molar-refractivity contribution in [2.75, 3.05) is 31.1 Å². The molecule has 1 amide bonds. The average Bonchev–Trinajstić information content (AvgIpc) is 3.30. The number of aromatic nitrogens is 1. The highest BCUT2D eigenvalue weighted by molar-refractivity contribution is 5.95. The van der Waals surface area contributed by atoms with E-state index in [1.807, 2.05) is 37.8 Å². The van der Waals surface area contributed by atoms with Crippen LogP contribution in [-0.2, 0) is 11.3 Å². The Hall–Kier alpha value is -3.63. The Kier molecular flexibility index (Phi) is 6.47. The monoisotopic (exact) mass is 523 g/mol. The average molecular weight is 524 g/mol. The maximum atomic E-state index is 12.5. The predicted molar refractivity (Wildman–Crippen MR) is 153 cm³/mol. The third kappa shape index (κ3) is 4.83. The van der Waals surface area contributed by atoms with Gasteiger partial charge in [0, 0.05) is 56.0 Å². The van der Waals surface area contributed by atoms with Crippen LogP contribution < -0.4 is 4.90 Å². The molecule has 202 valence electrons. The van der Waals surface area contributed by atoms with Crippen molar-refractivity contribution in [1.82, 2.24) is 14.8 Å². The van der Waals surface area contributed by atoms with E-state index >= 15 is 0 Å². The Morgan fingerprint density at radius 2 is 1.90 bits per heavy atom. The van der Waals surface area contributed by atoms with Gasteiger partial charge in [-0.15, -0.1) is 0 Å². The van der Waals surface area contributed by atoms with E-state index in [4.69, 9.17) is 4.74 Å². The molecule has 2 atom stereocenters. The number of nitrogens with zero attached hydrogens (tertiary/aromatic N) is 5. The molecule has 0 N–H and O–H groups in total. The third-order valence-corrected chi connectivity index (χ3v) is 8.55. The van der Waals surface area contributed by atoms with Gasteiger partial charge in [0.1, 0.15) is 11.7 Å². The van der Waals surface area contributed by atoms with Crippen molar-refractivity contribution in [1.29, 1.82) is 5.26 Å². The van der Waals surface area contributed by atoms with Crippen LogP contribution in [0.3, 0.4) is 0 Å². The molecule has 0 radical (unpaired) electrons. The lowest BCUT2D eigenvalue weighted by atomic mass is 9.87. The lowest BCUT2D eigenvalue weighted by Crippen LogP contribution is -2.51. The van der Waals surface area contributed by atoms with Crippen molar-refractivity contribution in [3.8, 4) is 6.07 Å². The molecule has 0 saturated carbocycles. The van der Waals surface area contributed by atoms with Crippen LogP contribution in [0.15, 0.2) is 48.7 Å². The molecule has 0 bridgehead atoms. The standard InChI is InChI=1S/C32H37N5O2/c1-21-18-36(28-10-8-24(17-33)30-27(28)6-5-13-34-30)20-29-26-9-7-23(16-25(26)19-37(21)29)22-11-14-35(15-12-22)31(38)39-32(2,3)4/h5-10,13,16,21-22,29H,11-12,14-15,18-20H2,1-4H3/t21-,29-/m1/s1. The Morgan fingerprint density at radius 3 is 2.64 bits per heavy atom. The van der Waals surface area contributed by atoms with Gasteiger partial charge < -0.3 is 14.5 Å². The van der Waals surface area contributed by atoms with E-state index in [0.717, 1.165) is 62.2 Å². The highest BCUT2D eigenvalue weighted by atomic mass is 16.6. The van der Waals surface area contributed by atoms with Crippen LogP contribution in [0.4, 0.5) is 10.5 Å². The molecule has 2 aromatic carbocycles. The van der Waals surface area contributed by atoms with E-state index in [-0.39, 0.29) is 6.09 Å². The number of piperazine rings is 1. The molecule has 3 aliphatic rings. The second-order valence-corrected chi connectivity index (χ2v) is 12.3. The zero-order valence-electron chi connectivity index (χ0n) is 23.4. The summed E-state index contributed by atoms with van der Waals surface area (Å²) in [6.07, 6.45) is 3.50. The smallest absolute Gasteiger partial charge is 0.410 e. The molecule has 4 heterocycles. The highest BCUT2D eigenvalue weighted by Gasteiger charge is 2.39. The predicted octanol–water partition coefficient (Wildman–Crippen LogP) is 5.99. The number of rotatable bonds is 2. The molecule has 0 unspecified atom stereocenters. The summed E-state index contributed by atoms with van der Waals surface area (Å²) in [5.41, 5.74) is 6.36. The molecule has 0 spiro atoms. The summed E-state index contributed by atoms with van der Waals surface area (Å²) in [5.74, 6) is 0.470. The fourth-order valence-electron chi connectivity index (χ4n) is 6.64. The first-order chi connectivity index (χ1) is 18.7. The summed E-state index contributed by atoms with van der Waals surface area (Å²) in [5, 5.41) is 10.6. The van der Waals surface area contributed by atoms with Gasteiger partial charge in [0.05, 0.1) is 17.1 Å². The normalized spacial score (nSPS) is 21.9. The second-order valence-electron chi connectivity index (χ2n) is 12.3. The Labute approximate surface area is 231 Å². The number of nitriles is 1. The summed E-state index contributed by atoms with van der Waals surface area (Å²) in [7, 11) is 0. The van der Waals surface area contributed by atoms with E-state index < -0.39 is 5.60 Å². The summed E-state index contributed by atoms with van der Waals surface area (Å²) < 4.78 is 5.58. The molecule has 7 heteroatoms. The van der Waals surface area contributed by atoms with Crippen molar-refractivity contribution in [2.45, 2.75) is 70.7 Å². The number of hydrogen-bond donors (Lipinski definition) is 0. The number of carbonyl (C=O) groups is 1. The van der Waals surface area contributed by atoms with E-state index in [2.05, 4.69) is 58.1 Å². The minimum Gasteiger partial charge on any atom is -0.444 e. The number of carbonyl (C=O) groups excluding carboxylic acids is 1. The van der Waals surface area contributed by atoms with Crippen LogP contribution in [0.25, 0.3) is 10.9 Å². The van der Waals surface area contributed by atoms with Crippen LogP contribution >= 0.6 is 0 Å². The van der Waals surface area contributed by atoms with Gasteiger partial charge in [-0.2, -0.15) is 5.26 Å². The lowest BCUT2D eigenvalue weighted by molar-refractivity contribution is 0.0205. The maximum absolute atomic E-state index is 12.5. The number of likely N-dealkylation sites (tertiary alicyclic amines) is 1. The van der Waals surface area contributed by atoms with Gasteiger partial charge in [-0.05, 0) is 87.4 Å². The van der Waals surface area contributed by atoms with Crippen molar-refractivity contribution in [3.05, 3.63) is 70.9 Å². The maximum Gasteiger partial charge on any atom is 0.410 e. The summed E-state index contributed by atoms with van der Waals surface area (Å²) in [6.45, 7) is 12.4. The number of anilines is 1. The quantitative estimate of drug-likeness (QED) is 0.411. The molecule has 3 aliphatic heterocycles. The highest BCUT2D eigenvalue weighted by Crippen LogP contribution is 2.42. The van der Waals surface area contributed by atoms with Crippen LogP contribution in [0.5, 0.6) is 0 Å². The Morgan fingerprint density at radius 1 is 1.10 bits per heavy atom. The van der Waals surface area contributed by atoms with E-state index in [1.165, 1.54) is 16.7 Å². The topological polar surface area (TPSA) is 72.7 Å². The van der Waals surface area contributed by atoms with Gasteiger partial charge in [-0.25, -0.2) is 4.79 Å². The number of amides is 1. The SMILES string of the molecule is C[C@@H]1CN(c2ccc(C#N)c3ncccc23)C[C@@H]2c3ccc(C4CCN(C(=O)OC(C)(C)C)CC4)cc3CN12. The number of ether oxygens (including phenoxy) is 1. The number of pyridine rings is 1. The van der Waals surface area contributed by atoms with Gasteiger partial charge in [0.25, 0.3) is 0 Å². The van der Waals surface area contributed by atoms with Gasteiger partial charge in [-0.1, -0.05) is 18.2 Å². The number of piperidine rings is 1. The van der Waals surface area contributed by atoms with E-state index in [1.54, 1.807) is 6.20 Å². The number of benzene rings is 2. The number of fused-ring (bicyclic) bond motifs is 4. The van der Waals surface area contributed by atoms with Crippen LogP contribution in [0.2, 0.25) is 0 Å². The molecule has 7 nitrogen and oxygen atoms in total. The fraction of sp³-hybridized carbons (Fsp3) is 0.469. The Bertz CT molecular complexity index is 1450. The molecule has 0 aliphatic carbocycles. The van der Waals surface area contributed by atoms with Crippen LogP contribution in [0.1, 0.15) is 74.8 Å². The van der Waals surface area contributed by atoms with Crippen LogP contribution in [0, 0.1) is 11.3 Å². The first kappa shape index (κ1) is 25.6. The largest absolute Gasteiger partial charge is 0.444 e. The molecule has 39 heavy (non-hydrogen) atoms. The molecule has 3 aromatic rings. The summed E-state index contributed by atoms with van der Waals surface area (Å²) >= 11 is 0. The van der Waals surface area contributed by atoms with Gasteiger partial charge >= 0.3 is 6.09 Å². The minimum absolute atomic E-state index is 0.198. The van der Waals surface area contributed by atoms with Crippen molar-refractivity contribution >= 4 is 22.7 Å². The fourth-order valence-corrected chi connectivity index (χ4v) is 6.64. The van der Waals surface area contributed by atoms with Gasteiger partial charge in [-0.3, -0.25) is 9.88 Å². The number of hydrogen-bond acceptors (Lipinski definition) is 6. The molecule has 6 rings (SSSR count). The molecular formula is C32H37N5O2. The molecule has 1 aromatic heterocycles. The first-order valence-corrected chi connectivity index (χ1v) is 14.1.